The van der Waals surface area contributed by atoms with E-state index in [1.807, 2.05) is 11.9 Å². The first-order valence-electron chi connectivity index (χ1n) is 6.39. The molecule has 1 aliphatic rings. The first kappa shape index (κ1) is 13.2. The molecule has 1 aromatic heterocycles. The van der Waals surface area contributed by atoms with Crippen LogP contribution in [0.25, 0.3) is 11.0 Å². The predicted octanol–water partition coefficient (Wildman–Crippen LogP) is 2.57. The average Bonchev–Trinajstić information content (AvgIpc) is 2.89. The minimum atomic E-state index is -4.41. The number of likely N-dealkylation sites (tertiary alicyclic amines) is 1. The van der Waals surface area contributed by atoms with Crippen molar-refractivity contribution in [2.45, 2.75) is 25.2 Å². The lowest BCUT2D eigenvalue weighted by Gasteiger charge is -2.21. The van der Waals surface area contributed by atoms with Gasteiger partial charge < -0.3 is 4.98 Å². The molecule has 1 aliphatic heterocycles. The summed E-state index contributed by atoms with van der Waals surface area (Å²) in [6.45, 7) is 0.836. The highest BCUT2D eigenvalue weighted by atomic mass is 19.4. The molecule has 1 unspecified atom stereocenters. The highest BCUT2D eigenvalue weighted by Gasteiger charge is 2.32. The van der Waals surface area contributed by atoms with Crippen LogP contribution in [0.15, 0.2) is 23.0 Å². The summed E-state index contributed by atoms with van der Waals surface area (Å²) in [5.74, 6) is 0. The van der Waals surface area contributed by atoms with Crippen LogP contribution in [0.3, 0.4) is 0 Å². The van der Waals surface area contributed by atoms with Crippen LogP contribution in [0.4, 0.5) is 13.2 Å². The first-order chi connectivity index (χ1) is 9.38. The maximum atomic E-state index is 12.8. The van der Waals surface area contributed by atoms with Crippen LogP contribution in [0.5, 0.6) is 0 Å². The van der Waals surface area contributed by atoms with Crippen LogP contribution in [-0.4, -0.2) is 28.0 Å². The Labute approximate surface area is 112 Å². The Balaban J connectivity index is 2.20. The Morgan fingerprint density at radius 2 is 2.10 bits per heavy atom. The molecule has 1 N–H and O–H groups in total. The first-order valence-corrected chi connectivity index (χ1v) is 6.39. The average molecular weight is 285 g/mol. The highest BCUT2D eigenvalue weighted by Crippen LogP contribution is 2.32. The summed E-state index contributed by atoms with van der Waals surface area (Å²) in [4.78, 5) is 16.6. The van der Waals surface area contributed by atoms with E-state index in [1.165, 1.54) is 10.6 Å². The summed E-state index contributed by atoms with van der Waals surface area (Å²) in [7, 11) is 1.87. The van der Waals surface area contributed by atoms with Gasteiger partial charge in [0.15, 0.2) is 0 Å². The molecule has 20 heavy (non-hydrogen) atoms. The Morgan fingerprint density at radius 3 is 2.70 bits per heavy atom. The molecule has 0 aliphatic carbocycles. The molecule has 1 saturated heterocycles. The Bertz CT molecular complexity index is 701. The van der Waals surface area contributed by atoms with Gasteiger partial charge in [-0.15, -0.1) is 0 Å². The molecule has 7 heteroatoms. The second-order valence-corrected chi connectivity index (χ2v) is 5.13. The van der Waals surface area contributed by atoms with Gasteiger partial charge in [-0.2, -0.15) is 13.2 Å². The monoisotopic (exact) mass is 285 g/mol. The topological polar surface area (TPSA) is 41.0 Å². The van der Waals surface area contributed by atoms with E-state index in [1.54, 1.807) is 0 Å². The van der Waals surface area contributed by atoms with E-state index in [4.69, 9.17) is 0 Å². The van der Waals surface area contributed by atoms with Crippen molar-refractivity contribution in [3.63, 3.8) is 0 Å². The standard InChI is InChI=1S/C13H14F3N3O/c1-18-6-2-3-11(18)19-10-7-8(13(14,15)16)4-5-9(10)17-12(19)20/h4-5,7,11H,2-3,6H2,1H3,(H,17,20). The van der Waals surface area contributed by atoms with Crippen LogP contribution in [-0.2, 0) is 6.18 Å². The second-order valence-electron chi connectivity index (χ2n) is 5.13. The molecule has 0 radical (unpaired) electrons. The van der Waals surface area contributed by atoms with Crippen LogP contribution < -0.4 is 5.69 Å². The zero-order chi connectivity index (χ0) is 14.5. The summed E-state index contributed by atoms with van der Waals surface area (Å²) >= 11 is 0. The van der Waals surface area contributed by atoms with Gasteiger partial charge in [0.05, 0.1) is 22.8 Å². The van der Waals surface area contributed by atoms with Gasteiger partial charge in [0.2, 0.25) is 0 Å². The van der Waals surface area contributed by atoms with Gasteiger partial charge in [-0.05, 0) is 44.6 Å². The number of alkyl halides is 3. The van der Waals surface area contributed by atoms with E-state index in [0.29, 0.717) is 11.0 Å². The van der Waals surface area contributed by atoms with Crippen molar-refractivity contribution in [2.24, 2.45) is 0 Å². The molecule has 2 heterocycles. The summed E-state index contributed by atoms with van der Waals surface area (Å²) in [5.41, 5.74) is -0.358. The number of fused-ring (bicyclic) bond motifs is 1. The fourth-order valence-corrected chi connectivity index (χ4v) is 2.81. The van der Waals surface area contributed by atoms with Crippen molar-refractivity contribution < 1.29 is 13.2 Å². The number of aromatic nitrogens is 2. The lowest BCUT2D eigenvalue weighted by Crippen LogP contribution is -2.30. The number of hydrogen-bond donors (Lipinski definition) is 1. The fourth-order valence-electron chi connectivity index (χ4n) is 2.81. The number of rotatable bonds is 1. The summed E-state index contributed by atoms with van der Waals surface area (Å²) in [6, 6.07) is 3.34. The third kappa shape index (κ3) is 2.02. The molecule has 1 aromatic carbocycles. The maximum Gasteiger partial charge on any atom is 0.416 e. The fraction of sp³-hybridized carbons (Fsp3) is 0.462. The highest BCUT2D eigenvalue weighted by molar-refractivity contribution is 5.76. The van der Waals surface area contributed by atoms with Gasteiger partial charge in [-0.25, -0.2) is 4.79 Å². The number of benzene rings is 1. The normalized spacial score (nSPS) is 20.9. The largest absolute Gasteiger partial charge is 0.416 e. The smallest absolute Gasteiger partial charge is 0.305 e. The van der Waals surface area contributed by atoms with Crippen molar-refractivity contribution in [2.75, 3.05) is 13.6 Å². The van der Waals surface area contributed by atoms with Gasteiger partial charge in [-0.3, -0.25) is 9.47 Å². The van der Waals surface area contributed by atoms with Crippen LogP contribution in [0, 0.1) is 0 Å². The van der Waals surface area contributed by atoms with Gasteiger partial charge in [0, 0.05) is 0 Å². The third-order valence-corrected chi connectivity index (χ3v) is 3.82. The molecule has 0 bridgehead atoms. The number of aromatic amines is 1. The van der Waals surface area contributed by atoms with Gasteiger partial charge in [0.25, 0.3) is 0 Å². The lowest BCUT2D eigenvalue weighted by molar-refractivity contribution is -0.137. The summed E-state index contributed by atoms with van der Waals surface area (Å²) < 4.78 is 39.8. The zero-order valence-corrected chi connectivity index (χ0v) is 10.9. The van der Waals surface area contributed by atoms with E-state index < -0.39 is 11.7 Å². The molecular formula is C13H14F3N3O. The van der Waals surface area contributed by atoms with E-state index in [2.05, 4.69) is 4.98 Å². The SMILES string of the molecule is CN1CCCC1n1c(=O)[nH]c2ccc(C(F)(F)F)cc21. The molecule has 0 amide bonds. The van der Waals surface area contributed by atoms with Gasteiger partial charge in [-0.1, -0.05) is 0 Å². The molecule has 0 saturated carbocycles. The molecule has 1 fully saturated rings. The second kappa shape index (κ2) is 4.37. The lowest BCUT2D eigenvalue weighted by atomic mass is 10.2. The minimum absolute atomic E-state index is 0.181. The molecule has 0 spiro atoms. The molecule has 1 atom stereocenters. The van der Waals surface area contributed by atoms with E-state index in [-0.39, 0.29) is 11.9 Å². The number of halogens is 3. The number of imidazole rings is 1. The minimum Gasteiger partial charge on any atom is -0.305 e. The van der Waals surface area contributed by atoms with Crippen molar-refractivity contribution >= 4 is 11.0 Å². The molecule has 2 aromatic rings. The number of hydrogen-bond acceptors (Lipinski definition) is 2. The number of nitrogens with zero attached hydrogens (tertiary/aromatic N) is 2. The van der Waals surface area contributed by atoms with E-state index in [0.717, 1.165) is 31.5 Å². The van der Waals surface area contributed by atoms with Gasteiger partial charge >= 0.3 is 11.9 Å². The summed E-state index contributed by atoms with van der Waals surface area (Å²) in [6.07, 6.45) is -2.90. The van der Waals surface area contributed by atoms with Crippen LogP contribution in [0.2, 0.25) is 0 Å². The Morgan fingerprint density at radius 1 is 1.35 bits per heavy atom. The van der Waals surface area contributed by atoms with Crippen LogP contribution in [0.1, 0.15) is 24.6 Å². The Kier molecular flexibility index (Phi) is 2.89. The molecule has 3 rings (SSSR count). The van der Waals surface area contributed by atoms with Crippen molar-refractivity contribution in [1.29, 1.82) is 0 Å². The van der Waals surface area contributed by atoms with E-state index in [9.17, 15) is 18.0 Å². The van der Waals surface area contributed by atoms with E-state index >= 15 is 0 Å². The third-order valence-electron chi connectivity index (χ3n) is 3.82. The number of H-pyrrole nitrogens is 1. The Hall–Kier alpha value is -1.76. The molecule has 108 valence electrons. The van der Waals surface area contributed by atoms with Gasteiger partial charge in [0.1, 0.15) is 0 Å². The zero-order valence-electron chi connectivity index (χ0n) is 10.9. The van der Waals surface area contributed by atoms with Crippen LogP contribution >= 0.6 is 0 Å². The predicted molar refractivity (Wildman–Crippen MR) is 68.5 cm³/mol. The van der Waals surface area contributed by atoms with Crippen molar-refractivity contribution in [1.82, 2.24) is 14.5 Å². The maximum absolute atomic E-state index is 12.8. The van der Waals surface area contributed by atoms with Crippen molar-refractivity contribution in [3.8, 4) is 0 Å². The quantitative estimate of drug-likeness (QED) is 0.875. The number of nitrogens with one attached hydrogen (secondary N) is 1. The van der Waals surface area contributed by atoms with Crippen molar-refractivity contribution in [3.05, 3.63) is 34.2 Å². The summed E-state index contributed by atoms with van der Waals surface area (Å²) in [5, 5.41) is 0. The molecular weight excluding hydrogens is 271 g/mol. The molecule has 4 nitrogen and oxygen atoms in total.